The maximum Gasteiger partial charge on any atom is 0.138 e. The van der Waals surface area contributed by atoms with Crippen molar-refractivity contribution in [3.63, 3.8) is 0 Å². The number of anilines is 1. The van der Waals surface area contributed by atoms with Gasteiger partial charge in [-0.15, -0.1) is 0 Å². The second-order valence-electron chi connectivity index (χ2n) is 3.44. The van der Waals surface area contributed by atoms with Crippen LogP contribution in [-0.4, -0.2) is 6.04 Å². The smallest absolute Gasteiger partial charge is 0.138 e. The molecule has 1 aromatic rings. The van der Waals surface area contributed by atoms with E-state index in [-0.39, 0.29) is 5.82 Å². The Morgan fingerprint density at radius 2 is 2.21 bits per heavy atom. The SMILES string of the molecule is CCCC(C)Nc1cccc(F)c1I. The molecule has 1 nitrogen and oxygen atoms in total. The summed E-state index contributed by atoms with van der Waals surface area (Å²) in [4.78, 5) is 0. The molecule has 0 aromatic heterocycles. The number of hydrogen-bond acceptors (Lipinski definition) is 1. The van der Waals surface area contributed by atoms with Crippen molar-refractivity contribution in [2.75, 3.05) is 5.32 Å². The van der Waals surface area contributed by atoms with Gasteiger partial charge in [-0.25, -0.2) is 4.39 Å². The third-order valence-electron chi connectivity index (χ3n) is 2.08. The Kier molecular flexibility index (Phi) is 4.65. The van der Waals surface area contributed by atoms with Crippen LogP contribution in [0.25, 0.3) is 0 Å². The minimum absolute atomic E-state index is 0.153. The van der Waals surface area contributed by atoms with Crippen LogP contribution < -0.4 is 5.32 Å². The lowest BCUT2D eigenvalue weighted by molar-refractivity contribution is 0.619. The fourth-order valence-electron chi connectivity index (χ4n) is 1.39. The molecule has 0 heterocycles. The molecule has 0 spiro atoms. The van der Waals surface area contributed by atoms with E-state index in [0.29, 0.717) is 9.61 Å². The average molecular weight is 307 g/mol. The van der Waals surface area contributed by atoms with Crippen LogP contribution in [0.5, 0.6) is 0 Å². The Bertz CT molecular complexity index is 301. The molecule has 1 unspecified atom stereocenters. The van der Waals surface area contributed by atoms with Gasteiger partial charge in [0, 0.05) is 6.04 Å². The van der Waals surface area contributed by atoms with Crippen molar-refractivity contribution >= 4 is 28.3 Å². The van der Waals surface area contributed by atoms with Crippen molar-refractivity contribution < 1.29 is 4.39 Å². The summed E-state index contributed by atoms with van der Waals surface area (Å²) in [6.45, 7) is 4.26. The Hall–Kier alpha value is -0.320. The van der Waals surface area contributed by atoms with Crippen LogP contribution in [0.1, 0.15) is 26.7 Å². The Labute approximate surface area is 98.2 Å². The van der Waals surface area contributed by atoms with Crippen molar-refractivity contribution in [3.05, 3.63) is 27.6 Å². The van der Waals surface area contributed by atoms with Crippen LogP contribution >= 0.6 is 22.6 Å². The molecule has 1 aromatic carbocycles. The van der Waals surface area contributed by atoms with Crippen molar-refractivity contribution in [2.45, 2.75) is 32.7 Å². The highest BCUT2D eigenvalue weighted by Crippen LogP contribution is 2.22. The monoisotopic (exact) mass is 307 g/mol. The molecule has 0 fully saturated rings. The number of hydrogen-bond donors (Lipinski definition) is 1. The summed E-state index contributed by atoms with van der Waals surface area (Å²) in [7, 11) is 0. The molecule has 0 bridgehead atoms. The van der Waals surface area contributed by atoms with Crippen LogP contribution in [0.15, 0.2) is 18.2 Å². The average Bonchev–Trinajstić information content (AvgIpc) is 2.13. The van der Waals surface area contributed by atoms with Crippen molar-refractivity contribution in [1.82, 2.24) is 0 Å². The predicted molar refractivity (Wildman–Crippen MR) is 67.1 cm³/mol. The molecule has 0 aliphatic heterocycles. The molecule has 14 heavy (non-hydrogen) atoms. The lowest BCUT2D eigenvalue weighted by Crippen LogP contribution is -2.15. The Morgan fingerprint density at radius 1 is 1.50 bits per heavy atom. The van der Waals surface area contributed by atoms with E-state index in [1.807, 2.05) is 28.7 Å². The standard InChI is InChI=1S/C11H15FIN/c1-3-5-8(2)14-10-7-4-6-9(12)11(10)13/h4,6-8,14H,3,5H2,1-2H3. The summed E-state index contributed by atoms with van der Waals surface area (Å²) < 4.78 is 13.8. The highest BCUT2D eigenvalue weighted by Gasteiger charge is 2.06. The van der Waals surface area contributed by atoms with Crippen LogP contribution in [-0.2, 0) is 0 Å². The molecule has 0 aliphatic rings. The van der Waals surface area contributed by atoms with Gasteiger partial charge in [-0.3, -0.25) is 0 Å². The Balaban J connectivity index is 2.71. The lowest BCUT2D eigenvalue weighted by Gasteiger charge is -2.15. The molecule has 1 atom stereocenters. The summed E-state index contributed by atoms with van der Waals surface area (Å²) in [5.41, 5.74) is 0.895. The summed E-state index contributed by atoms with van der Waals surface area (Å²) in [6.07, 6.45) is 2.24. The van der Waals surface area contributed by atoms with Gasteiger partial charge in [-0.1, -0.05) is 19.4 Å². The Morgan fingerprint density at radius 3 is 2.86 bits per heavy atom. The first kappa shape index (κ1) is 11.8. The van der Waals surface area contributed by atoms with E-state index in [9.17, 15) is 4.39 Å². The van der Waals surface area contributed by atoms with Gasteiger partial charge in [0.15, 0.2) is 0 Å². The maximum atomic E-state index is 13.2. The third-order valence-corrected chi connectivity index (χ3v) is 3.17. The molecule has 1 N–H and O–H groups in total. The van der Waals surface area contributed by atoms with E-state index in [1.165, 1.54) is 6.07 Å². The molecule has 0 aliphatic carbocycles. The minimum atomic E-state index is -0.153. The maximum absolute atomic E-state index is 13.2. The van der Waals surface area contributed by atoms with Gasteiger partial charge in [0.25, 0.3) is 0 Å². The third kappa shape index (κ3) is 3.12. The van der Waals surface area contributed by atoms with E-state index in [0.717, 1.165) is 18.5 Å². The topological polar surface area (TPSA) is 12.0 Å². The normalized spacial score (nSPS) is 12.6. The highest BCUT2D eigenvalue weighted by atomic mass is 127. The van der Waals surface area contributed by atoms with Crippen molar-refractivity contribution in [3.8, 4) is 0 Å². The van der Waals surface area contributed by atoms with Gasteiger partial charge in [0.05, 0.1) is 9.26 Å². The fourth-order valence-corrected chi connectivity index (χ4v) is 1.90. The first-order chi connectivity index (χ1) is 6.65. The number of nitrogens with one attached hydrogen (secondary N) is 1. The summed E-state index contributed by atoms with van der Waals surface area (Å²) in [5, 5.41) is 3.30. The summed E-state index contributed by atoms with van der Waals surface area (Å²) >= 11 is 2.03. The van der Waals surface area contributed by atoms with E-state index >= 15 is 0 Å². The zero-order chi connectivity index (χ0) is 10.6. The van der Waals surface area contributed by atoms with Gasteiger partial charge in [0.2, 0.25) is 0 Å². The first-order valence-electron chi connectivity index (χ1n) is 4.85. The minimum Gasteiger partial charge on any atom is -0.382 e. The van der Waals surface area contributed by atoms with Gasteiger partial charge in [-0.05, 0) is 48.1 Å². The zero-order valence-corrected chi connectivity index (χ0v) is 10.6. The number of halogens is 2. The summed E-state index contributed by atoms with van der Waals surface area (Å²) in [5.74, 6) is -0.153. The molecule has 0 amide bonds. The van der Waals surface area contributed by atoms with E-state index in [1.54, 1.807) is 6.07 Å². The molecule has 0 radical (unpaired) electrons. The predicted octanol–water partition coefficient (Wildman–Crippen LogP) is 4.03. The van der Waals surface area contributed by atoms with Gasteiger partial charge < -0.3 is 5.32 Å². The van der Waals surface area contributed by atoms with Crippen LogP contribution in [0, 0.1) is 9.39 Å². The van der Waals surface area contributed by atoms with E-state index in [2.05, 4.69) is 19.2 Å². The zero-order valence-electron chi connectivity index (χ0n) is 8.48. The molecule has 0 saturated heterocycles. The van der Waals surface area contributed by atoms with Crippen LogP contribution in [0.3, 0.4) is 0 Å². The molecular formula is C11H15FIN. The second-order valence-corrected chi connectivity index (χ2v) is 4.51. The second kappa shape index (κ2) is 5.53. The van der Waals surface area contributed by atoms with Crippen LogP contribution in [0.2, 0.25) is 0 Å². The first-order valence-corrected chi connectivity index (χ1v) is 5.93. The fraction of sp³-hybridized carbons (Fsp3) is 0.455. The van der Waals surface area contributed by atoms with Gasteiger partial charge in [0.1, 0.15) is 5.82 Å². The molecule has 78 valence electrons. The van der Waals surface area contributed by atoms with Gasteiger partial charge >= 0.3 is 0 Å². The van der Waals surface area contributed by atoms with Crippen molar-refractivity contribution in [2.24, 2.45) is 0 Å². The van der Waals surface area contributed by atoms with E-state index < -0.39 is 0 Å². The summed E-state index contributed by atoms with van der Waals surface area (Å²) in [6, 6.07) is 5.53. The highest BCUT2D eigenvalue weighted by molar-refractivity contribution is 14.1. The quantitative estimate of drug-likeness (QED) is 0.828. The lowest BCUT2D eigenvalue weighted by atomic mass is 10.2. The van der Waals surface area contributed by atoms with Crippen LogP contribution in [0.4, 0.5) is 10.1 Å². The molecular weight excluding hydrogens is 292 g/mol. The number of rotatable bonds is 4. The van der Waals surface area contributed by atoms with Gasteiger partial charge in [-0.2, -0.15) is 0 Å². The van der Waals surface area contributed by atoms with E-state index in [4.69, 9.17) is 0 Å². The van der Waals surface area contributed by atoms with Crippen molar-refractivity contribution in [1.29, 1.82) is 0 Å². The largest absolute Gasteiger partial charge is 0.382 e. The molecule has 0 saturated carbocycles. The molecule has 1 rings (SSSR count). The molecule has 3 heteroatoms. The number of benzene rings is 1.